The number of nitrogens with one attached hydrogen (secondary N) is 1. The molecule has 1 unspecified atom stereocenters. The summed E-state index contributed by atoms with van der Waals surface area (Å²) >= 11 is 0. The number of halogens is 3. The standard InChI is InChI=1S/C19H21F3N4O/c1-25(2)16-5-3-4-13(10-16)18(27)24-15-8-9-26(12-15)17-7-6-14(11-23-17)19(20,21)22/h3-7,10-11,15H,8-9,12H2,1-2H3,(H,24,27). The molecule has 0 bridgehead atoms. The summed E-state index contributed by atoms with van der Waals surface area (Å²) in [5.41, 5.74) is 0.744. The van der Waals surface area contributed by atoms with Gasteiger partial charge < -0.3 is 15.1 Å². The van der Waals surface area contributed by atoms with Crippen LogP contribution in [0.15, 0.2) is 42.6 Å². The first kappa shape index (κ1) is 19.0. The fourth-order valence-corrected chi connectivity index (χ4v) is 3.02. The van der Waals surface area contributed by atoms with E-state index in [-0.39, 0.29) is 11.9 Å². The number of nitrogens with zero attached hydrogens (tertiary/aromatic N) is 3. The van der Waals surface area contributed by atoms with Crippen LogP contribution < -0.4 is 15.1 Å². The van der Waals surface area contributed by atoms with E-state index in [1.165, 1.54) is 6.07 Å². The Morgan fingerprint density at radius 3 is 2.67 bits per heavy atom. The molecule has 2 aromatic rings. The lowest BCUT2D eigenvalue weighted by molar-refractivity contribution is -0.137. The van der Waals surface area contributed by atoms with E-state index in [0.717, 1.165) is 18.0 Å². The second-order valence-corrected chi connectivity index (χ2v) is 6.75. The van der Waals surface area contributed by atoms with Crippen molar-refractivity contribution in [1.29, 1.82) is 0 Å². The number of carbonyl (C=O) groups excluding carboxylic acids is 1. The number of carbonyl (C=O) groups is 1. The highest BCUT2D eigenvalue weighted by molar-refractivity contribution is 5.95. The summed E-state index contributed by atoms with van der Waals surface area (Å²) in [7, 11) is 3.81. The Labute approximate surface area is 155 Å². The molecule has 2 heterocycles. The summed E-state index contributed by atoms with van der Waals surface area (Å²) in [4.78, 5) is 20.2. The summed E-state index contributed by atoms with van der Waals surface area (Å²) in [5, 5.41) is 2.99. The van der Waals surface area contributed by atoms with Crippen molar-refractivity contribution in [2.45, 2.75) is 18.6 Å². The van der Waals surface area contributed by atoms with E-state index >= 15 is 0 Å². The smallest absolute Gasteiger partial charge is 0.378 e. The maximum Gasteiger partial charge on any atom is 0.417 e. The topological polar surface area (TPSA) is 48.5 Å². The first-order valence-corrected chi connectivity index (χ1v) is 8.60. The van der Waals surface area contributed by atoms with Crippen molar-refractivity contribution >= 4 is 17.4 Å². The summed E-state index contributed by atoms with van der Waals surface area (Å²) in [6.07, 6.45) is -2.84. The predicted octanol–water partition coefficient (Wildman–Crippen LogP) is 3.18. The van der Waals surface area contributed by atoms with Crippen LogP contribution >= 0.6 is 0 Å². The Bertz CT molecular complexity index is 805. The number of benzene rings is 1. The predicted molar refractivity (Wildman–Crippen MR) is 98.1 cm³/mol. The number of rotatable bonds is 4. The van der Waals surface area contributed by atoms with Crippen LogP contribution in [0.1, 0.15) is 22.3 Å². The van der Waals surface area contributed by atoms with Gasteiger partial charge in [-0.3, -0.25) is 4.79 Å². The lowest BCUT2D eigenvalue weighted by Crippen LogP contribution is -2.37. The molecule has 1 saturated heterocycles. The zero-order chi connectivity index (χ0) is 19.6. The van der Waals surface area contributed by atoms with Gasteiger partial charge in [-0.05, 0) is 36.8 Å². The van der Waals surface area contributed by atoms with E-state index in [0.29, 0.717) is 30.9 Å². The van der Waals surface area contributed by atoms with E-state index in [9.17, 15) is 18.0 Å². The number of hydrogen-bond donors (Lipinski definition) is 1. The van der Waals surface area contributed by atoms with Gasteiger partial charge in [0.15, 0.2) is 0 Å². The van der Waals surface area contributed by atoms with E-state index in [1.54, 1.807) is 6.07 Å². The fourth-order valence-electron chi connectivity index (χ4n) is 3.02. The molecular weight excluding hydrogens is 357 g/mol. The van der Waals surface area contributed by atoms with Gasteiger partial charge in [-0.15, -0.1) is 0 Å². The third kappa shape index (κ3) is 4.50. The Hall–Kier alpha value is -2.77. The molecule has 1 aromatic heterocycles. The minimum Gasteiger partial charge on any atom is -0.378 e. The molecule has 0 aliphatic carbocycles. The molecule has 1 fully saturated rings. The molecule has 1 amide bonds. The van der Waals surface area contributed by atoms with Gasteiger partial charge in [0.1, 0.15) is 5.82 Å². The molecule has 8 heteroatoms. The third-order valence-corrected chi connectivity index (χ3v) is 4.55. The van der Waals surface area contributed by atoms with Crippen LogP contribution in [0, 0.1) is 0 Å². The van der Waals surface area contributed by atoms with Gasteiger partial charge in [-0.2, -0.15) is 13.2 Å². The highest BCUT2D eigenvalue weighted by Crippen LogP contribution is 2.30. The molecular formula is C19H21F3N4O. The van der Waals surface area contributed by atoms with Crippen LogP contribution in [0.3, 0.4) is 0 Å². The lowest BCUT2D eigenvalue weighted by Gasteiger charge is -2.19. The normalized spacial score (nSPS) is 17.1. The maximum atomic E-state index is 12.6. The van der Waals surface area contributed by atoms with Crippen molar-refractivity contribution < 1.29 is 18.0 Å². The first-order chi connectivity index (χ1) is 12.7. The van der Waals surface area contributed by atoms with Gasteiger partial charge in [0.05, 0.1) is 5.56 Å². The molecule has 1 aliphatic heterocycles. The van der Waals surface area contributed by atoms with Crippen LogP contribution in [0.25, 0.3) is 0 Å². The number of anilines is 2. The Kier molecular flexibility index (Phi) is 5.25. The number of amides is 1. The number of hydrogen-bond acceptors (Lipinski definition) is 4. The Balaban J connectivity index is 1.61. The third-order valence-electron chi connectivity index (χ3n) is 4.55. The van der Waals surface area contributed by atoms with Crippen molar-refractivity contribution in [2.24, 2.45) is 0 Å². The minimum absolute atomic E-state index is 0.0791. The van der Waals surface area contributed by atoms with E-state index in [4.69, 9.17) is 0 Å². The molecule has 5 nitrogen and oxygen atoms in total. The minimum atomic E-state index is -4.39. The Morgan fingerprint density at radius 1 is 1.26 bits per heavy atom. The summed E-state index contributed by atoms with van der Waals surface area (Å²) < 4.78 is 37.9. The van der Waals surface area contributed by atoms with Crippen molar-refractivity contribution in [3.8, 4) is 0 Å². The maximum absolute atomic E-state index is 12.6. The van der Waals surface area contributed by atoms with Crippen molar-refractivity contribution in [2.75, 3.05) is 37.0 Å². The highest BCUT2D eigenvalue weighted by Gasteiger charge is 2.31. The van der Waals surface area contributed by atoms with Crippen LogP contribution in [-0.2, 0) is 6.18 Å². The van der Waals surface area contributed by atoms with Gasteiger partial charge in [0.25, 0.3) is 5.91 Å². The number of pyridine rings is 1. The van der Waals surface area contributed by atoms with Crippen LogP contribution in [0.2, 0.25) is 0 Å². The summed E-state index contributed by atoms with van der Waals surface area (Å²) in [5.74, 6) is 0.320. The zero-order valence-electron chi connectivity index (χ0n) is 15.1. The van der Waals surface area contributed by atoms with Gasteiger partial charge >= 0.3 is 6.18 Å². The molecule has 3 rings (SSSR count). The summed E-state index contributed by atoms with van der Waals surface area (Å²) in [6, 6.07) is 9.65. The van der Waals surface area contributed by atoms with Crippen LogP contribution in [0.5, 0.6) is 0 Å². The molecule has 0 spiro atoms. The van der Waals surface area contributed by atoms with Crippen LogP contribution in [-0.4, -0.2) is 44.1 Å². The quantitative estimate of drug-likeness (QED) is 0.888. The van der Waals surface area contributed by atoms with Crippen molar-refractivity contribution in [3.63, 3.8) is 0 Å². The molecule has 1 N–H and O–H groups in total. The largest absolute Gasteiger partial charge is 0.417 e. The van der Waals surface area contributed by atoms with Crippen molar-refractivity contribution in [3.05, 3.63) is 53.7 Å². The average molecular weight is 378 g/mol. The van der Waals surface area contributed by atoms with E-state index in [1.807, 2.05) is 42.1 Å². The monoisotopic (exact) mass is 378 g/mol. The van der Waals surface area contributed by atoms with Gasteiger partial charge in [0, 0.05) is 50.7 Å². The molecule has 27 heavy (non-hydrogen) atoms. The second kappa shape index (κ2) is 7.46. The number of aromatic nitrogens is 1. The highest BCUT2D eigenvalue weighted by atomic mass is 19.4. The molecule has 1 aromatic carbocycles. The van der Waals surface area contributed by atoms with Crippen molar-refractivity contribution in [1.82, 2.24) is 10.3 Å². The molecule has 0 radical (unpaired) electrons. The zero-order valence-corrected chi connectivity index (χ0v) is 15.1. The lowest BCUT2D eigenvalue weighted by atomic mass is 10.1. The molecule has 144 valence electrons. The van der Waals surface area contributed by atoms with Gasteiger partial charge in [-0.1, -0.05) is 6.07 Å². The SMILES string of the molecule is CN(C)c1cccc(C(=O)NC2CCN(c3ccc(C(F)(F)F)cn3)C2)c1. The average Bonchev–Trinajstić information content (AvgIpc) is 3.09. The van der Waals surface area contributed by atoms with Gasteiger partial charge in [0.2, 0.25) is 0 Å². The second-order valence-electron chi connectivity index (χ2n) is 6.75. The molecule has 0 saturated carbocycles. The Morgan fingerprint density at radius 2 is 2.04 bits per heavy atom. The number of alkyl halides is 3. The fraction of sp³-hybridized carbons (Fsp3) is 0.368. The van der Waals surface area contributed by atoms with E-state index in [2.05, 4.69) is 10.3 Å². The van der Waals surface area contributed by atoms with Crippen LogP contribution in [0.4, 0.5) is 24.7 Å². The van der Waals surface area contributed by atoms with E-state index < -0.39 is 11.7 Å². The molecule has 1 atom stereocenters. The van der Waals surface area contributed by atoms with Gasteiger partial charge in [-0.25, -0.2) is 4.98 Å². The first-order valence-electron chi connectivity index (χ1n) is 8.60. The molecule has 1 aliphatic rings. The summed E-state index contributed by atoms with van der Waals surface area (Å²) in [6.45, 7) is 1.14.